The van der Waals surface area contributed by atoms with Crippen LogP contribution in [-0.2, 0) is 9.53 Å². The summed E-state index contributed by atoms with van der Waals surface area (Å²) in [6, 6.07) is 0. The van der Waals surface area contributed by atoms with Crippen LogP contribution in [0.4, 0.5) is 10.3 Å². The number of carbonyl (C=O) groups is 1. The topological polar surface area (TPSA) is 99.3 Å². The van der Waals surface area contributed by atoms with Crippen molar-refractivity contribution in [1.82, 2.24) is 30.0 Å². The molecule has 1 aromatic rings. The number of H-pyrrole nitrogens is 1. The van der Waals surface area contributed by atoms with E-state index in [1.165, 1.54) is 12.4 Å². The molecule has 2 fully saturated rings. The third-order valence-electron chi connectivity index (χ3n) is 7.88. The van der Waals surface area contributed by atoms with Gasteiger partial charge in [-0.3, -0.25) is 9.89 Å². The number of likely N-dealkylation sites (tertiary alicyclic amines) is 1. The fraction of sp³-hybridized carbons (Fsp3) is 0.556. The van der Waals surface area contributed by atoms with Gasteiger partial charge in [0, 0.05) is 55.5 Å². The number of ether oxygens (including phenoxy) is 1. The van der Waals surface area contributed by atoms with Gasteiger partial charge in [0.1, 0.15) is 12.2 Å². The zero-order chi connectivity index (χ0) is 25.8. The highest BCUT2D eigenvalue weighted by Crippen LogP contribution is 2.35. The third kappa shape index (κ3) is 5.91. The number of piperidine rings is 1. The van der Waals surface area contributed by atoms with Gasteiger partial charge in [-0.15, -0.1) is 0 Å². The predicted octanol–water partition coefficient (Wildman–Crippen LogP) is 3.20. The molecule has 4 heterocycles. The van der Waals surface area contributed by atoms with E-state index in [-0.39, 0.29) is 29.7 Å². The molecule has 2 unspecified atom stereocenters. The molecule has 2 saturated heterocycles. The van der Waals surface area contributed by atoms with Crippen molar-refractivity contribution < 1.29 is 13.9 Å². The summed E-state index contributed by atoms with van der Waals surface area (Å²) in [4.78, 5) is 26.2. The molecule has 2 N–H and O–H groups in total. The van der Waals surface area contributed by atoms with Crippen molar-refractivity contribution in [2.24, 2.45) is 11.8 Å². The number of aromatic nitrogens is 4. The molecule has 1 aromatic heterocycles. The van der Waals surface area contributed by atoms with Gasteiger partial charge in [-0.05, 0) is 70.0 Å². The highest BCUT2D eigenvalue weighted by molar-refractivity contribution is 5.80. The van der Waals surface area contributed by atoms with E-state index in [1.54, 1.807) is 12.3 Å². The Kier molecular flexibility index (Phi) is 7.95. The van der Waals surface area contributed by atoms with Gasteiger partial charge in [0.2, 0.25) is 11.9 Å². The SMILES string of the molecule is Cc1[nH]ncnc(NCC2=C(F)C=CC3OCCC23)ncc1C1=CCN(C(=O)C2CCN(C)CC2)CC1. The minimum absolute atomic E-state index is 0.0408. The molecule has 9 nitrogen and oxygen atoms in total. The summed E-state index contributed by atoms with van der Waals surface area (Å²) in [5.41, 5.74) is 3.59. The summed E-state index contributed by atoms with van der Waals surface area (Å²) >= 11 is 0. The van der Waals surface area contributed by atoms with Crippen molar-refractivity contribution in [3.8, 4) is 0 Å². The van der Waals surface area contributed by atoms with Crippen molar-refractivity contribution >= 4 is 17.4 Å². The van der Waals surface area contributed by atoms with Crippen LogP contribution in [0.15, 0.2) is 42.2 Å². The molecule has 1 aliphatic carbocycles. The number of hydrogen-bond acceptors (Lipinski definition) is 7. The maximum Gasteiger partial charge on any atom is 0.226 e. The first-order valence-electron chi connectivity index (χ1n) is 13.2. The fourth-order valence-corrected chi connectivity index (χ4v) is 5.60. The molecule has 0 radical (unpaired) electrons. The molecule has 37 heavy (non-hydrogen) atoms. The third-order valence-corrected chi connectivity index (χ3v) is 7.88. The molecule has 198 valence electrons. The van der Waals surface area contributed by atoms with Gasteiger partial charge in [-0.25, -0.2) is 9.37 Å². The maximum absolute atomic E-state index is 14.6. The van der Waals surface area contributed by atoms with E-state index >= 15 is 0 Å². The number of rotatable bonds is 5. The summed E-state index contributed by atoms with van der Waals surface area (Å²) in [5.74, 6) is 0.584. The molecule has 1 amide bonds. The predicted molar refractivity (Wildman–Crippen MR) is 140 cm³/mol. The monoisotopic (exact) mass is 509 g/mol. The number of anilines is 1. The lowest BCUT2D eigenvalue weighted by Gasteiger charge is -2.34. The maximum atomic E-state index is 14.6. The van der Waals surface area contributed by atoms with Crippen LogP contribution in [0.3, 0.4) is 0 Å². The Morgan fingerprint density at radius 2 is 2.08 bits per heavy atom. The molecule has 2 atom stereocenters. The number of halogens is 1. The van der Waals surface area contributed by atoms with Crippen LogP contribution < -0.4 is 5.32 Å². The number of fused-ring (bicyclic) bond motifs is 1. The average Bonchev–Trinajstić information content (AvgIpc) is 3.41. The van der Waals surface area contributed by atoms with E-state index in [9.17, 15) is 9.18 Å². The second kappa shape index (κ2) is 11.5. The number of allylic oxidation sites excluding steroid dienone is 2. The van der Waals surface area contributed by atoms with Gasteiger partial charge in [0.15, 0.2) is 0 Å². The van der Waals surface area contributed by atoms with Crippen LogP contribution in [0.25, 0.3) is 5.57 Å². The summed E-state index contributed by atoms with van der Waals surface area (Å²) in [5, 5.41) is 10.4. The quantitative estimate of drug-likeness (QED) is 0.629. The lowest BCUT2D eigenvalue weighted by molar-refractivity contribution is -0.136. The van der Waals surface area contributed by atoms with Crippen LogP contribution in [0, 0.1) is 18.8 Å². The molecule has 4 aliphatic rings. The number of nitrogens with one attached hydrogen (secondary N) is 2. The molecule has 10 heteroatoms. The average molecular weight is 510 g/mol. The Labute approximate surface area is 217 Å². The molecule has 5 rings (SSSR count). The molecule has 0 bridgehead atoms. The lowest BCUT2D eigenvalue weighted by atomic mass is 9.88. The Morgan fingerprint density at radius 1 is 1.24 bits per heavy atom. The Balaban J connectivity index is 1.29. The molecule has 0 spiro atoms. The van der Waals surface area contributed by atoms with Crippen molar-refractivity contribution in [3.63, 3.8) is 0 Å². The number of nitrogens with zero attached hydrogens (tertiary/aromatic N) is 5. The molecule has 0 saturated carbocycles. The first-order chi connectivity index (χ1) is 18.0. The number of hydrogen-bond donors (Lipinski definition) is 2. The minimum Gasteiger partial charge on any atom is -0.373 e. The number of carbonyl (C=O) groups excluding carboxylic acids is 1. The van der Waals surface area contributed by atoms with E-state index in [4.69, 9.17) is 4.74 Å². The second-order valence-corrected chi connectivity index (χ2v) is 10.3. The van der Waals surface area contributed by atoms with E-state index in [2.05, 4.69) is 43.5 Å². The van der Waals surface area contributed by atoms with Crippen LogP contribution in [0.5, 0.6) is 0 Å². The van der Waals surface area contributed by atoms with Crippen molar-refractivity contribution in [2.75, 3.05) is 51.7 Å². The van der Waals surface area contributed by atoms with Crippen LogP contribution in [0.1, 0.15) is 36.9 Å². The smallest absolute Gasteiger partial charge is 0.226 e. The Bertz CT molecular complexity index is 1150. The van der Waals surface area contributed by atoms with E-state index in [1.807, 2.05) is 11.8 Å². The molecular formula is C27H36FN7O2. The zero-order valence-electron chi connectivity index (χ0n) is 21.6. The summed E-state index contributed by atoms with van der Waals surface area (Å²) in [6.07, 6.45) is 11.9. The fourth-order valence-electron chi connectivity index (χ4n) is 5.60. The molecular weight excluding hydrogens is 473 g/mol. The summed E-state index contributed by atoms with van der Waals surface area (Å²) in [6.45, 7) is 6.13. The van der Waals surface area contributed by atoms with E-state index < -0.39 is 0 Å². The standard InChI is InChI=1S/C27H36FN7O2/c1-18-22(19-7-12-35(13-8-19)26(36)20-5-10-34(2)11-6-20)15-29-27(31-17-32-33-18)30-16-23-21-9-14-37-25(21)4-3-24(23)28/h3-4,7,15,17,20-21,25,33H,5-6,8-14,16H2,1-2H3,(H,30,31,32). The van der Waals surface area contributed by atoms with Gasteiger partial charge >= 0.3 is 0 Å². The van der Waals surface area contributed by atoms with Crippen molar-refractivity contribution in [3.05, 3.63) is 53.4 Å². The largest absolute Gasteiger partial charge is 0.373 e. The van der Waals surface area contributed by atoms with Gasteiger partial charge in [0.05, 0.1) is 6.10 Å². The second-order valence-electron chi connectivity index (χ2n) is 10.3. The van der Waals surface area contributed by atoms with Crippen molar-refractivity contribution in [1.29, 1.82) is 0 Å². The highest BCUT2D eigenvalue weighted by Gasteiger charge is 2.33. The van der Waals surface area contributed by atoms with Gasteiger partial charge in [0.25, 0.3) is 0 Å². The first kappa shape index (κ1) is 25.5. The Morgan fingerprint density at radius 3 is 2.86 bits per heavy atom. The first-order valence-corrected chi connectivity index (χ1v) is 13.2. The van der Waals surface area contributed by atoms with Crippen LogP contribution in [0.2, 0.25) is 0 Å². The van der Waals surface area contributed by atoms with Crippen LogP contribution >= 0.6 is 0 Å². The van der Waals surface area contributed by atoms with Gasteiger partial charge in [-0.2, -0.15) is 10.1 Å². The summed E-state index contributed by atoms with van der Waals surface area (Å²) in [7, 11) is 2.11. The molecule has 3 aliphatic heterocycles. The van der Waals surface area contributed by atoms with Crippen LogP contribution in [-0.4, -0.2) is 88.4 Å². The van der Waals surface area contributed by atoms with Crippen molar-refractivity contribution in [2.45, 2.75) is 38.7 Å². The number of aromatic amines is 1. The highest BCUT2D eigenvalue weighted by atomic mass is 19.1. The number of aryl methyl sites for hydroxylation is 1. The normalized spacial score (nSPS) is 24.5. The Hall–Kier alpha value is -3.11. The molecule has 0 aromatic carbocycles. The lowest BCUT2D eigenvalue weighted by Crippen LogP contribution is -2.43. The van der Waals surface area contributed by atoms with Gasteiger partial charge < -0.3 is 19.9 Å². The number of amides is 1. The minimum atomic E-state index is -0.217. The summed E-state index contributed by atoms with van der Waals surface area (Å²) < 4.78 is 20.3. The van der Waals surface area contributed by atoms with E-state index in [0.29, 0.717) is 37.8 Å². The van der Waals surface area contributed by atoms with Gasteiger partial charge in [-0.1, -0.05) is 12.2 Å². The van der Waals surface area contributed by atoms with E-state index in [0.717, 1.165) is 55.6 Å². The zero-order valence-corrected chi connectivity index (χ0v) is 21.6.